The number of rotatable bonds is 0. The van der Waals surface area contributed by atoms with Gasteiger partial charge in [0.2, 0.25) is 0 Å². The summed E-state index contributed by atoms with van der Waals surface area (Å²) in [5.74, 6) is 0. The molecule has 0 atom stereocenters. The van der Waals surface area contributed by atoms with E-state index in [1.165, 1.54) is 0 Å². The van der Waals surface area contributed by atoms with Gasteiger partial charge >= 0.3 is 32.4 Å². The summed E-state index contributed by atoms with van der Waals surface area (Å²) in [6, 6.07) is 0. The van der Waals surface area contributed by atoms with Gasteiger partial charge in [-0.05, 0) is 0 Å². The Morgan fingerprint density at radius 3 is 0.375 bits per heavy atom. The van der Waals surface area contributed by atoms with Crippen molar-refractivity contribution in [2.45, 2.75) is 0 Å². The van der Waals surface area contributed by atoms with Crippen molar-refractivity contribution in [3.05, 3.63) is 0 Å². The van der Waals surface area contributed by atoms with Gasteiger partial charge in [0.25, 0.3) is 0 Å². The molecule has 0 unspecified atom stereocenters. The quantitative estimate of drug-likeness (QED) is 0.305. The molecule has 0 amide bonds. The monoisotopic (exact) mass is 783 g/mol. The topological polar surface area (TPSA) is 0 Å². The van der Waals surface area contributed by atoms with Crippen LogP contribution in [-0.2, 0) is 159 Å². The molecule has 0 saturated heterocycles. The molecular formula is Mo8. The van der Waals surface area contributed by atoms with Crippen LogP contribution in [0.1, 0.15) is 0 Å². The molecule has 0 bridgehead atoms. The Hall–Kier alpha value is 5.51. The molecule has 0 aromatic heterocycles. The van der Waals surface area contributed by atoms with E-state index in [2.05, 4.69) is 0 Å². The third-order valence-electron chi connectivity index (χ3n) is 0. The van der Waals surface area contributed by atoms with Crippen LogP contribution in [-0.4, -0.2) is 0 Å². The minimum absolute atomic E-state index is 0. The molecule has 8 heteroatoms. The Morgan fingerprint density at radius 2 is 0.375 bits per heavy atom. The summed E-state index contributed by atoms with van der Waals surface area (Å²) in [6.07, 6.45) is 0. The van der Waals surface area contributed by atoms with Gasteiger partial charge in [-0.3, -0.25) is 0 Å². The second-order valence-corrected chi connectivity index (χ2v) is 0. The molecule has 0 saturated carbocycles. The van der Waals surface area contributed by atoms with Crippen LogP contribution in [0.25, 0.3) is 0 Å². The van der Waals surface area contributed by atoms with E-state index in [0.717, 1.165) is 0 Å². The number of hydrogen-bond acceptors (Lipinski definition) is 0. The van der Waals surface area contributed by atoms with Crippen LogP contribution < -0.4 is 0 Å². The average Bonchev–Trinajstić information content (AvgIpc) is 1.00. The molecule has 0 N–H and O–H groups in total. The van der Waals surface area contributed by atoms with Crippen LogP contribution in [0.3, 0.4) is 0 Å². The maximum atomic E-state index is 1.96. The van der Waals surface area contributed by atoms with Crippen molar-refractivity contribution in [2.24, 2.45) is 0 Å². The van der Waals surface area contributed by atoms with Crippen molar-refractivity contribution >= 4 is 0 Å². The van der Waals surface area contributed by atoms with E-state index in [-0.39, 0.29) is 126 Å². The number of hydrogen-bond donors (Lipinski definition) is 0. The van der Waals surface area contributed by atoms with Crippen molar-refractivity contribution in [3.8, 4) is 0 Å². The first-order valence-corrected chi connectivity index (χ1v) is 5.83. The Balaban J connectivity index is -0.000000000333. The molecule has 0 aliphatic carbocycles. The van der Waals surface area contributed by atoms with Crippen LogP contribution in [0.4, 0.5) is 0 Å². The van der Waals surface area contributed by atoms with E-state index in [1.54, 1.807) is 0 Å². The summed E-state index contributed by atoms with van der Waals surface area (Å²) in [5, 5.41) is 0. The van der Waals surface area contributed by atoms with Gasteiger partial charge in [0, 0.05) is 126 Å². The van der Waals surface area contributed by atoms with Crippen molar-refractivity contribution in [3.63, 3.8) is 0 Å². The van der Waals surface area contributed by atoms with Crippen molar-refractivity contribution in [1.82, 2.24) is 0 Å². The van der Waals surface area contributed by atoms with E-state index in [1.807, 2.05) is 32.4 Å². The van der Waals surface area contributed by atoms with Gasteiger partial charge in [0.1, 0.15) is 0 Å². The molecule has 0 aliphatic rings. The van der Waals surface area contributed by atoms with Crippen LogP contribution in [0.5, 0.6) is 0 Å². The van der Waals surface area contributed by atoms with Gasteiger partial charge in [-0.15, -0.1) is 0 Å². The van der Waals surface area contributed by atoms with E-state index in [0.29, 0.717) is 0 Å². The summed E-state index contributed by atoms with van der Waals surface area (Å²) in [7, 11) is 0. The first-order chi connectivity index (χ1) is 1.00. The van der Waals surface area contributed by atoms with Crippen LogP contribution >= 0.6 is 0 Å². The summed E-state index contributed by atoms with van der Waals surface area (Å²) < 4.78 is 0. The second kappa shape index (κ2) is 54.6. The summed E-state index contributed by atoms with van der Waals surface area (Å²) in [5.41, 5.74) is 0. The van der Waals surface area contributed by atoms with E-state index >= 15 is 0 Å². The maximum absolute atomic E-state index is 1.96. The van der Waals surface area contributed by atoms with Gasteiger partial charge in [-0.25, -0.2) is 0 Å². The van der Waals surface area contributed by atoms with Crippen LogP contribution in [0.15, 0.2) is 0 Å². The molecule has 0 aliphatic heterocycles. The normalized spacial score (nSPS) is 0.500. The zero-order chi connectivity index (χ0) is 2.00. The molecule has 8 heavy (non-hydrogen) atoms. The van der Waals surface area contributed by atoms with E-state index < -0.39 is 0 Å². The Kier molecular flexibility index (Phi) is 341. The summed E-state index contributed by atoms with van der Waals surface area (Å²) >= 11 is 3.92. The van der Waals surface area contributed by atoms with E-state index in [9.17, 15) is 0 Å². The summed E-state index contributed by atoms with van der Waals surface area (Å²) in [4.78, 5) is 0. The van der Waals surface area contributed by atoms with Gasteiger partial charge in [0.05, 0.1) is 0 Å². The third-order valence-corrected chi connectivity index (χ3v) is 0. The van der Waals surface area contributed by atoms with Gasteiger partial charge in [-0.1, -0.05) is 0 Å². The van der Waals surface area contributed by atoms with E-state index in [4.69, 9.17) is 0 Å². The second-order valence-electron chi connectivity index (χ2n) is 0. The van der Waals surface area contributed by atoms with Crippen molar-refractivity contribution in [1.29, 1.82) is 0 Å². The molecule has 0 heterocycles. The standard InChI is InChI=1S/8Mo. The Bertz CT molecular complexity index is 0. The van der Waals surface area contributed by atoms with Gasteiger partial charge < -0.3 is 0 Å². The zero-order valence-corrected chi connectivity index (χ0v) is 19.3. The fourth-order valence-corrected chi connectivity index (χ4v) is 0. The van der Waals surface area contributed by atoms with Crippen molar-refractivity contribution in [2.75, 3.05) is 0 Å². The summed E-state index contributed by atoms with van der Waals surface area (Å²) in [6.45, 7) is 0. The molecule has 0 spiro atoms. The first-order valence-electron chi connectivity index (χ1n) is 0.167. The molecule has 0 radical (unpaired) electrons. The predicted octanol–water partition coefficient (Wildman–Crippen LogP) is -0.0200. The van der Waals surface area contributed by atoms with Gasteiger partial charge in [0.15, 0.2) is 0 Å². The molecule has 0 aromatic rings. The fraction of sp³-hybridized carbons (Fsp3) is 0. The molecule has 0 aromatic carbocycles. The van der Waals surface area contributed by atoms with Crippen LogP contribution in [0.2, 0.25) is 0 Å². The first kappa shape index (κ1) is 49.9. The average molecular weight is 768 g/mol. The SMILES string of the molecule is [Mo].[Mo].[Mo].[Mo].[Mo].[Mo].[Mo]=[Mo]. The van der Waals surface area contributed by atoms with Crippen LogP contribution in [0, 0.1) is 0 Å². The fourth-order valence-electron chi connectivity index (χ4n) is 0. The molecular weight excluding hydrogens is 768 g/mol. The third kappa shape index (κ3) is 41.9. The molecule has 48 valence electrons. The Labute approximate surface area is 155 Å². The van der Waals surface area contributed by atoms with Crippen molar-refractivity contribution < 1.29 is 159 Å². The molecule has 0 fully saturated rings. The van der Waals surface area contributed by atoms with Gasteiger partial charge in [-0.2, -0.15) is 0 Å². The molecule has 0 rings (SSSR count). The zero-order valence-electron chi connectivity index (χ0n) is 3.27. The predicted molar refractivity (Wildman–Crippen MR) is 0 cm³/mol. The Morgan fingerprint density at radius 1 is 0.375 bits per heavy atom. The minimum atomic E-state index is 0. The molecule has 0 nitrogen and oxygen atoms in total.